The maximum atomic E-state index is 12.7. The largest absolute Gasteiger partial charge is 0.351 e. The molecule has 3 heterocycles. The smallest absolute Gasteiger partial charge is 0.256 e. The molecule has 1 aromatic carbocycles. The molecule has 0 bridgehead atoms. The highest BCUT2D eigenvalue weighted by molar-refractivity contribution is 6.33. The Kier molecular flexibility index (Phi) is 5.31. The molecule has 0 atom stereocenters. The van der Waals surface area contributed by atoms with Crippen molar-refractivity contribution in [3.05, 3.63) is 82.0 Å². The zero-order valence-corrected chi connectivity index (χ0v) is 17.0. The molecule has 8 heteroatoms. The Bertz CT molecular complexity index is 1160. The number of carbonyl (C=O) groups is 1. The van der Waals surface area contributed by atoms with E-state index in [9.17, 15) is 4.79 Å². The summed E-state index contributed by atoms with van der Waals surface area (Å²) >= 11 is 6.48. The van der Waals surface area contributed by atoms with Gasteiger partial charge in [0.05, 0.1) is 17.8 Å². The van der Waals surface area contributed by atoms with E-state index < -0.39 is 0 Å². The Morgan fingerprint density at radius 1 is 1.10 bits per heavy atom. The minimum atomic E-state index is -0.239. The Labute approximate surface area is 173 Å². The summed E-state index contributed by atoms with van der Waals surface area (Å²) in [5, 5.41) is 16.0. The van der Waals surface area contributed by atoms with E-state index in [0.717, 1.165) is 17.0 Å². The van der Waals surface area contributed by atoms with Gasteiger partial charge in [-0.3, -0.25) is 9.20 Å². The molecule has 0 aliphatic heterocycles. The lowest BCUT2D eigenvalue weighted by Gasteiger charge is -2.06. The standard InChI is InChI=1S/C21H21ClN6O/c1-14-6-8-16(9-7-14)13-28-20(22)19(15(2)26-28)21(29)23-11-10-18-25-24-17-5-3-4-12-27(17)18/h3-9,12H,10-11,13H2,1-2H3,(H,23,29). The van der Waals surface area contributed by atoms with Gasteiger partial charge in [0.1, 0.15) is 11.0 Å². The van der Waals surface area contributed by atoms with Gasteiger partial charge < -0.3 is 5.32 Å². The van der Waals surface area contributed by atoms with E-state index in [-0.39, 0.29) is 5.91 Å². The second-order valence-corrected chi connectivity index (χ2v) is 7.30. The number of nitrogens with one attached hydrogen (secondary N) is 1. The molecule has 1 amide bonds. The molecule has 4 rings (SSSR count). The second kappa shape index (κ2) is 8.05. The van der Waals surface area contributed by atoms with E-state index in [2.05, 4.69) is 20.6 Å². The fourth-order valence-corrected chi connectivity index (χ4v) is 3.54. The Balaban J connectivity index is 1.43. The number of benzene rings is 1. The number of rotatable bonds is 6. The first-order valence-electron chi connectivity index (χ1n) is 9.38. The summed E-state index contributed by atoms with van der Waals surface area (Å²) in [6.45, 7) is 4.77. The van der Waals surface area contributed by atoms with Gasteiger partial charge >= 0.3 is 0 Å². The molecule has 0 aliphatic rings. The van der Waals surface area contributed by atoms with Crippen LogP contribution >= 0.6 is 11.6 Å². The Morgan fingerprint density at radius 2 is 1.90 bits per heavy atom. The van der Waals surface area contributed by atoms with E-state index in [1.165, 1.54) is 5.56 Å². The molecule has 0 fully saturated rings. The van der Waals surface area contributed by atoms with Crippen molar-refractivity contribution in [1.29, 1.82) is 0 Å². The fourth-order valence-electron chi connectivity index (χ4n) is 3.22. The first-order chi connectivity index (χ1) is 14.0. The minimum absolute atomic E-state index is 0.239. The van der Waals surface area contributed by atoms with Gasteiger partial charge in [-0.25, -0.2) is 4.68 Å². The first-order valence-corrected chi connectivity index (χ1v) is 9.76. The number of hydrogen-bond donors (Lipinski definition) is 1. The van der Waals surface area contributed by atoms with Crippen LogP contribution in [-0.4, -0.2) is 36.8 Å². The molecule has 1 N–H and O–H groups in total. The summed E-state index contributed by atoms with van der Waals surface area (Å²) in [7, 11) is 0. The highest BCUT2D eigenvalue weighted by atomic mass is 35.5. The lowest BCUT2D eigenvalue weighted by Crippen LogP contribution is -2.26. The van der Waals surface area contributed by atoms with Crippen LogP contribution in [0.1, 0.15) is 33.0 Å². The molecule has 0 saturated carbocycles. The lowest BCUT2D eigenvalue weighted by atomic mass is 10.1. The molecule has 0 saturated heterocycles. The Hall–Kier alpha value is -3.19. The number of hydrogen-bond acceptors (Lipinski definition) is 4. The third-order valence-corrected chi connectivity index (χ3v) is 5.15. The number of fused-ring (bicyclic) bond motifs is 1. The second-order valence-electron chi connectivity index (χ2n) is 6.95. The molecule has 0 unspecified atom stereocenters. The number of aromatic nitrogens is 5. The van der Waals surface area contributed by atoms with Crippen LogP contribution in [0.15, 0.2) is 48.7 Å². The molecule has 0 spiro atoms. The quantitative estimate of drug-likeness (QED) is 0.531. The first kappa shape index (κ1) is 19.1. The van der Waals surface area contributed by atoms with Gasteiger partial charge in [-0.05, 0) is 31.5 Å². The van der Waals surface area contributed by atoms with E-state index in [4.69, 9.17) is 11.6 Å². The lowest BCUT2D eigenvalue weighted by molar-refractivity contribution is 0.0953. The van der Waals surface area contributed by atoms with Gasteiger partial charge in [0, 0.05) is 19.2 Å². The van der Waals surface area contributed by atoms with Crippen molar-refractivity contribution in [3.63, 3.8) is 0 Å². The molecular formula is C21H21ClN6O. The van der Waals surface area contributed by atoms with Crippen LogP contribution in [-0.2, 0) is 13.0 Å². The topological polar surface area (TPSA) is 77.1 Å². The van der Waals surface area contributed by atoms with Crippen molar-refractivity contribution in [1.82, 2.24) is 29.7 Å². The SMILES string of the molecule is Cc1ccc(Cn2nc(C)c(C(=O)NCCc3nnc4ccccn34)c2Cl)cc1. The predicted molar refractivity (Wildman–Crippen MR) is 111 cm³/mol. The molecule has 4 aromatic rings. The van der Waals surface area contributed by atoms with Crippen LogP contribution in [0.2, 0.25) is 5.15 Å². The zero-order chi connectivity index (χ0) is 20.4. The van der Waals surface area contributed by atoms with E-state index in [0.29, 0.717) is 35.9 Å². The molecule has 148 valence electrons. The molecule has 0 aliphatic carbocycles. The van der Waals surface area contributed by atoms with Crippen LogP contribution < -0.4 is 5.32 Å². The normalized spacial score (nSPS) is 11.1. The maximum absolute atomic E-state index is 12.7. The van der Waals surface area contributed by atoms with Gasteiger partial charge in [-0.1, -0.05) is 47.5 Å². The number of halogens is 1. The molecule has 7 nitrogen and oxygen atoms in total. The average Bonchev–Trinajstić information content (AvgIpc) is 3.24. The number of nitrogens with zero attached hydrogens (tertiary/aromatic N) is 5. The highest BCUT2D eigenvalue weighted by Crippen LogP contribution is 2.21. The van der Waals surface area contributed by atoms with E-state index in [1.807, 2.05) is 60.0 Å². The summed E-state index contributed by atoms with van der Waals surface area (Å²) in [5.41, 5.74) is 4.06. The van der Waals surface area contributed by atoms with Crippen LogP contribution in [0, 0.1) is 13.8 Å². The summed E-state index contributed by atoms with van der Waals surface area (Å²) in [5.74, 6) is 0.551. The van der Waals surface area contributed by atoms with Crippen LogP contribution in [0.4, 0.5) is 0 Å². The fraction of sp³-hybridized carbons (Fsp3) is 0.238. The molecule has 29 heavy (non-hydrogen) atoms. The van der Waals surface area contributed by atoms with Crippen molar-refractivity contribution in [2.45, 2.75) is 26.8 Å². The van der Waals surface area contributed by atoms with Crippen molar-refractivity contribution in [2.75, 3.05) is 6.54 Å². The van der Waals surface area contributed by atoms with E-state index >= 15 is 0 Å². The van der Waals surface area contributed by atoms with Crippen LogP contribution in [0.3, 0.4) is 0 Å². The number of carbonyl (C=O) groups excluding carboxylic acids is 1. The van der Waals surface area contributed by atoms with Crippen LogP contribution in [0.25, 0.3) is 5.65 Å². The monoisotopic (exact) mass is 408 g/mol. The molecule has 3 aromatic heterocycles. The van der Waals surface area contributed by atoms with Crippen molar-refractivity contribution in [3.8, 4) is 0 Å². The van der Waals surface area contributed by atoms with Gasteiger partial charge in [-0.15, -0.1) is 10.2 Å². The third kappa shape index (κ3) is 4.00. The third-order valence-electron chi connectivity index (χ3n) is 4.76. The van der Waals surface area contributed by atoms with Gasteiger partial charge in [0.2, 0.25) is 0 Å². The summed E-state index contributed by atoms with van der Waals surface area (Å²) < 4.78 is 3.56. The minimum Gasteiger partial charge on any atom is -0.351 e. The van der Waals surface area contributed by atoms with Crippen LogP contribution in [0.5, 0.6) is 0 Å². The van der Waals surface area contributed by atoms with Crippen molar-refractivity contribution in [2.24, 2.45) is 0 Å². The molecule has 0 radical (unpaired) electrons. The van der Waals surface area contributed by atoms with Gasteiger partial charge in [0.15, 0.2) is 5.65 Å². The zero-order valence-electron chi connectivity index (χ0n) is 16.3. The molecular weight excluding hydrogens is 388 g/mol. The van der Waals surface area contributed by atoms with Crippen molar-refractivity contribution >= 4 is 23.2 Å². The maximum Gasteiger partial charge on any atom is 0.256 e. The predicted octanol–water partition coefficient (Wildman–Crippen LogP) is 3.22. The average molecular weight is 409 g/mol. The number of aryl methyl sites for hydroxylation is 2. The summed E-state index contributed by atoms with van der Waals surface area (Å²) in [4.78, 5) is 12.7. The van der Waals surface area contributed by atoms with E-state index in [1.54, 1.807) is 11.6 Å². The van der Waals surface area contributed by atoms with Gasteiger partial charge in [-0.2, -0.15) is 5.10 Å². The van der Waals surface area contributed by atoms with Crippen molar-refractivity contribution < 1.29 is 4.79 Å². The van der Waals surface area contributed by atoms with Gasteiger partial charge in [0.25, 0.3) is 5.91 Å². The summed E-state index contributed by atoms with van der Waals surface area (Å²) in [6.07, 6.45) is 2.47. The summed E-state index contributed by atoms with van der Waals surface area (Å²) in [6, 6.07) is 13.9. The highest BCUT2D eigenvalue weighted by Gasteiger charge is 2.20. The Morgan fingerprint density at radius 3 is 2.69 bits per heavy atom. The number of pyridine rings is 1. The number of amides is 1.